The Kier molecular flexibility index (Phi) is 5.05. The predicted octanol–water partition coefficient (Wildman–Crippen LogP) is 1.99. The number of carbonyl (C=O) groups is 2. The summed E-state index contributed by atoms with van der Waals surface area (Å²) in [5.41, 5.74) is 5.50. The summed E-state index contributed by atoms with van der Waals surface area (Å²) >= 11 is 0. The molecule has 1 unspecified atom stereocenters. The highest BCUT2D eigenvalue weighted by molar-refractivity contribution is 5.99. The first-order valence-electron chi connectivity index (χ1n) is 7.97. The molecule has 27 heavy (non-hydrogen) atoms. The summed E-state index contributed by atoms with van der Waals surface area (Å²) in [6.45, 7) is -0.326. The minimum absolute atomic E-state index is 0.0225. The van der Waals surface area contributed by atoms with Gasteiger partial charge < -0.3 is 15.2 Å². The molecular weight excluding hydrogens is 374 g/mol. The maximum absolute atomic E-state index is 12.6. The molecule has 3 rings (SSSR count). The first kappa shape index (κ1) is 19.1. The van der Waals surface area contributed by atoms with Crippen molar-refractivity contribution in [3.8, 4) is 5.88 Å². The van der Waals surface area contributed by atoms with Crippen LogP contribution in [0.5, 0.6) is 5.88 Å². The lowest BCUT2D eigenvalue weighted by atomic mass is 10.1. The summed E-state index contributed by atoms with van der Waals surface area (Å²) in [4.78, 5) is 28.8. The van der Waals surface area contributed by atoms with Gasteiger partial charge in [-0.15, -0.1) is 0 Å². The number of amides is 1. The number of fused-ring (bicyclic) bond motifs is 1. The van der Waals surface area contributed by atoms with Gasteiger partial charge >= 0.3 is 12.1 Å². The average Bonchev–Trinajstić information content (AvgIpc) is 3.42. The average molecular weight is 389 g/mol. The molecule has 146 valence electrons. The number of rotatable bonds is 6. The molecule has 1 aromatic heterocycles. The normalized spacial score (nSPS) is 19.9. The number of aromatic nitrogens is 1. The second kappa shape index (κ2) is 7.14. The van der Waals surface area contributed by atoms with Crippen LogP contribution < -0.4 is 10.5 Å². The lowest BCUT2D eigenvalue weighted by Gasteiger charge is -2.25. The molecule has 1 aliphatic carbocycles. The zero-order valence-corrected chi connectivity index (χ0v) is 13.8. The summed E-state index contributed by atoms with van der Waals surface area (Å²) in [6.07, 6.45) is -4.12. The topological polar surface area (TPSA) is 94.8 Å². The fourth-order valence-corrected chi connectivity index (χ4v) is 2.61. The number of halogens is 4. The van der Waals surface area contributed by atoms with Gasteiger partial charge in [-0.1, -0.05) is 0 Å². The second-order valence-corrected chi connectivity index (χ2v) is 6.07. The molecule has 7 nitrogen and oxygen atoms in total. The largest absolute Gasteiger partial charge is 0.491 e. The van der Waals surface area contributed by atoms with Crippen LogP contribution in [-0.4, -0.2) is 47.1 Å². The minimum atomic E-state index is -5.20. The van der Waals surface area contributed by atoms with Crippen molar-refractivity contribution < 1.29 is 36.6 Å². The quantitative estimate of drug-likeness (QED) is 0.591. The molecule has 1 aliphatic heterocycles. The SMILES string of the molecule is NC/C(=C\F)COc1cc2c(cn1)C(=O)N(C1CC1)C2OC(=O)C(F)(F)F. The molecule has 1 aromatic rings. The highest BCUT2D eigenvalue weighted by Crippen LogP contribution is 2.43. The standard InChI is InChI=1S/C16H15F4N3O4/c17-4-8(5-21)7-26-12-3-10-11(6-22-12)13(24)23(9-1-2-9)14(10)27-15(25)16(18,19)20/h3-4,6,9,14H,1-2,5,7,21H2/b8-4+. The molecule has 1 fully saturated rings. The zero-order valence-electron chi connectivity index (χ0n) is 13.8. The van der Waals surface area contributed by atoms with E-state index < -0.39 is 24.3 Å². The fraction of sp³-hybridized carbons (Fsp3) is 0.438. The van der Waals surface area contributed by atoms with Crippen molar-refractivity contribution in [2.24, 2.45) is 5.73 Å². The van der Waals surface area contributed by atoms with Crippen LogP contribution in [0.4, 0.5) is 17.6 Å². The van der Waals surface area contributed by atoms with E-state index in [1.54, 1.807) is 0 Å². The smallest absolute Gasteiger partial charge is 0.473 e. The van der Waals surface area contributed by atoms with Crippen molar-refractivity contribution in [1.82, 2.24) is 9.88 Å². The molecule has 0 radical (unpaired) electrons. The van der Waals surface area contributed by atoms with Crippen LogP contribution >= 0.6 is 0 Å². The van der Waals surface area contributed by atoms with Gasteiger partial charge in [-0.05, 0) is 12.8 Å². The van der Waals surface area contributed by atoms with E-state index >= 15 is 0 Å². The Morgan fingerprint density at radius 1 is 1.41 bits per heavy atom. The van der Waals surface area contributed by atoms with Gasteiger partial charge in [0.1, 0.15) is 6.61 Å². The third kappa shape index (κ3) is 3.87. The Morgan fingerprint density at radius 3 is 2.67 bits per heavy atom. The molecule has 0 spiro atoms. The lowest BCUT2D eigenvalue weighted by molar-refractivity contribution is -0.211. The molecule has 2 aliphatic rings. The molecule has 2 heterocycles. The van der Waals surface area contributed by atoms with Crippen LogP contribution in [0.3, 0.4) is 0 Å². The van der Waals surface area contributed by atoms with Crippen LogP contribution in [0.2, 0.25) is 0 Å². The van der Waals surface area contributed by atoms with E-state index in [0.717, 1.165) is 11.1 Å². The van der Waals surface area contributed by atoms with Gasteiger partial charge in [0.2, 0.25) is 12.1 Å². The highest BCUT2D eigenvalue weighted by Gasteiger charge is 2.50. The summed E-state index contributed by atoms with van der Waals surface area (Å²) in [7, 11) is 0. The van der Waals surface area contributed by atoms with Crippen LogP contribution in [0.15, 0.2) is 24.2 Å². The van der Waals surface area contributed by atoms with Gasteiger partial charge in [-0.25, -0.2) is 14.2 Å². The predicted molar refractivity (Wildman–Crippen MR) is 82.1 cm³/mol. The van der Waals surface area contributed by atoms with Gasteiger partial charge in [0.25, 0.3) is 5.91 Å². The number of hydrogen-bond donors (Lipinski definition) is 1. The Morgan fingerprint density at radius 2 is 2.11 bits per heavy atom. The van der Waals surface area contributed by atoms with Gasteiger partial charge in [0.05, 0.1) is 11.9 Å². The molecule has 1 saturated carbocycles. The van der Waals surface area contributed by atoms with Crippen LogP contribution in [-0.2, 0) is 9.53 Å². The number of nitrogens with two attached hydrogens (primary N) is 1. The molecule has 0 bridgehead atoms. The van der Waals surface area contributed by atoms with Crippen molar-refractivity contribution in [2.45, 2.75) is 31.3 Å². The molecule has 1 amide bonds. The van der Waals surface area contributed by atoms with Crippen molar-refractivity contribution in [1.29, 1.82) is 0 Å². The van der Waals surface area contributed by atoms with E-state index in [-0.39, 0.29) is 48.1 Å². The third-order valence-electron chi connectivity index (χ3n) is 4.11. The van der Waals surface area contributed by atoms with E-state index in [9.17, 15) is 27.2 Å². The molecule has 1 atom stereocenters. The Hall–Kier alpha value is -2.69. The summed E-state index contributed by atoms with van der Waals surface area (Å²) in [5, 5.41) is 0. The maximum atomic E-state index is 12.6. The molecular formula is C16H15F4N3O4. The van der Waals surface area contributed by atoms with E-state index in [2.05, 4.69) is 9.72 Å². The Balaban J connectivity index is 1.88. The van der Waals surface area contributed by atoms with Gasteiger partial charge in [0.15, 0.2) is 0 Å². The number of pyridine rings is 1. The number of nitrogens with zero attached hydrogens (tertiary/aromatic N) is 2. The maximum Gasteiger partial charge on any atom is 0.491 e. The van der Waals surface area contributed by atoms with Crippen molar-refractivity contribution in [2.75, 3.05) is 13.2 Å². The second-order valence-electron chi connectivity index (χ2n) is 6.07. The van der Waals surface area contributed by atoms with E-state index in [1.807, 2.05) is 0 Å². The van der Waals surface area contributed by atoms with Gasteiger partial charge in [0, 0.05) is 36.0 Å². The summed E-state index contributed by atoms with van der Waals surface area (Å²) in [5.74, 6) is -3.04. The van der Waals surface area contributed by atoms with Crippen LogP contribution in [0.25, 0.3) is 0 Å². The van der Waals surface area contributed by atoms with Crippen LogP contribution in [0.1, 0.15) is 35.0 Å². The zero-order chi connectivity index (χ0) is 19.8. The number of carbonyl (C=O) groups excluding carboxylic acids is 2. The van der Waals surface area contributed by atoms with E-state index in [1.165, 1.54) is 6.07 Å². The first-order valence-corrected chi connectivity index (χ1v) is 7.97. The monoisotopic (exact) mass is 389 g/mol. The van der Waals surface area contributed by atoms with Gasteiger partial charge in [-0.2, -0.15) is 13.2 Å². The Bertz CT molecular complexity index is 792. The first-order chi connectivity index (χ1) is 12.8. The van der Waals surface area contributed by atoms with Crippen molar-refractivity contribution in [3.63, 3.8) is 0 Å². The van der Waals surface area contributed by atoms with Crippen LogP contribution in [0, 0.1) is 0 Å². The van der Waals surface area contributed by atoms with E-state index in [0.29, 0.717) is 12.8 Å². The molecule has 11 heteroatoms. The molecule has 2 N–H and O–H groups in total. The van der Waals surface area contributed by atoms with Crippen molar-refractivity contribution >= 4 is 11.9 Å². The molecule has 0 aromatic carbocycles. The third-order valence-corrected chi connectivity index (χ3v) is 4.11. The number of ether oxygens (including phenoxy) is 2. The minimum Gasteiger partial charge on any atom is -0.473 e. The summed E-state index contributed by atoms with van der Waals surface area (Å²) < 4.78 is 60.2. The van der Waals surface area contributed by atoms with E-state index in [4.69, 9.17) is 10.5 Å². The Labute approximate surface area is 150 Å². The number of hydrogen-bond acceptors (Lipinski definition) is 6. The highest BCUT2D eigenvalue weighted by atomic mass is 19.4. The fourth-order valence-electron chi connectivity index (χ4n) is 2.61. The number of alkyl halides is 3. The summed E-state index contributed by atoms with van der Waals surface area (Å²) in [6, 6.07) is 0.898. The van der Waals surface area contributed by atoms with Crippen molar-refractivity contribution in [3.05, 3.63) is 35.3 Å². The van der Waals surface area contributed by atoms with Gasteiger partial charge in [-0.3, -0.25) is 9.69 Å². The molecule has 0 saturated heterocycles. The lowest BCUT2D eigenvalue weighted by Crippen LogP contribution is -2.36. The number of esters is 1.